The second-order valence-corrected chi connectivity index (χ2v) is 3.18. The summed E-state index contributed by atoms with van der Waals surface area (Å²) in [6, 6.07) is 8.77. The fraction of sp³-hybridized carbons (Fsp3) is 0.300. The van der Waals surface area contributed by atoms with Gasteiger partial charge in [-0.3, -0.25) is 10.6 Å². The van der Waals surface area contributed by atoms with Crippen LogP contribution in [0.5, 0.6) is 0 Å². The van der Waals surface area contributed by atoms with Gasteiger partial charge in [-0.25, -0.2) is 15.2 Å². The van der Waals surface area contributed by atoms with Crippen molar-refractivity contribution in [2.45, 2.75) is 6.10 Å². The lowest BCUT2D eigenvalue weighted by Crippen LogP contribution is -2.32. The van der Waals surface area contributed by atoms with Crippen LogP contribution in [0, 0.1) is 0 Å². The summed E-state index contributed by atoms with van der Waals surface area (Å²) in [6.07, 6.45) is -1.50. The Morgan fingerprint density at radius 1 is 1.35 bits per heavy atom. The molecule has 0 bridgehead atoms. The summed E-state index contributed by atoms with van der Waals surface area (Å²) >= 11 is 0. The summed E-state index contributed by atoms with van der Waals surface area (Å²) in [4.78, 5) is 15.2. The maximum Gasteiger partial charge on any atom is 0.411 e. The van der Waals surface area contributed by atoms with Crippen LogP contribution in [0.3, 0.4) is 0 Å². The number of nitrogens with one attached hydrogen (secondary N) is 2. The van der Waals surface area contributed by atoms with Crippen molar-refractivity contribution in [1.29, 1.82) is 0 Å². The van der Waals surface area contributed by atoms with Crippen LogP contribution in [0.1, 0.15) is 0 Å². The van der Waals surface area contributed by atoms with Crippen molar-refractivity contribution in [2.75, 3.05) is 18.5 Å². The standard InChI is InChI=1S/C10H14N2O5/c13-10(12-8-4-2-1-3-5-8)16-7-9(17-15)6-11-14/h1-5,9,11,14-15H,6-7H2,(H,12,13). The van der Waals surface area contributed by atoms with Crippen LogP contribution in [0.25, 0.3) is 0 Å². The number of hydrogen-bond acceptors (Lipinski definition) is 6. The molecule has 0 fully saturated rings. The summed E-state index contributed by atoms with van der Waals surface area (Å²) in [6.45, 7) is -0.252. The molecule has 0 heterocycles. The summed E-state index contributed by atoms with van der Waals surface area (Å²) in [7, 11) is 0. The maximum atomic E-state index is 11.3. The van der Waals surface area contributed by atoms with Crippen LogP contribution in [0.2, 0.25) is 0 Å². The normalized spacial score (nSPS) is 11.9. The van der Waals surface area contributed by atoms with Crippen molar-refractivity contribution in [3.05, 3.63) is 30.3 Å². The number of hydroxylamine groups is 1. The molecular formula is C10H14N2O5. The molecule has 1 rings (SSSR count). The van der Waals surface area contributed by atoms with Crippen LogP contribution in [-0.4, -0.2) is 35.8 Å². The van der Waals surface area contributed by atoms with Gasteiger partial charge in [0.05, 0.1) is 6.54 Å². The molecule has 0 spiro atoms. The van der Waals surface area contributed by atoms with E-state index in [-0.39, 0.29) is 13.2 Å². The third-order valence-corrected chi connectivity index (χ3v) is 1.89. The van der Waals surface area contributed by atoms with Crippen LogP contribution in [0.15, 0.2) is 30.3 Å². The quantitative estimate of drug-likeness (QED) is 0.440. The SMILES string of the molecule is O=C(Nc1ccccc1)OCC(CNO)OO. The number of carbonyl (C=O) groups excluding carboxylic acids is 1. The third-order valence-electron chi connectivity index (χ3n) is 1.89. The predicted molar refractivity (Wildman–Crippen MR) is 58.7 cm³/mol. The molecule has 0 radical (unpaired) electrons. The third kappa shape index (κ3) is 5.27. The molecule has 1 unspecified atom stereocenters. The van der Waals surface area contributed by atoms with E-state index in [9.17, 15) is 4.79 Å². The monoisotopic (exact) mass is 242 g/mol. The first-order chi connectivity index (χ1) is 8.26. The Morgan fingerprint density at radius 3 is 2.65 bits per heavy atom. The fourth-order valence-electron chi connectivity index (χ4n) is 1.07. The van der Waals surface area contributed by atoms with E-state index in [1.165, 1.54) is 0 Å². The van der Waals surface area contributed by atoms with Crippen molar-refractivity contribution in [3.8, 4) is 0 Å². The van der Waals surface area contributed by atoms with E-state index in [4.69, 9.17) is 15.2 Å². The molecule has 0 saturated heterocycles. The first kappa shape index (κ1) is 13.4. The Hall–Kier alpha value is -1.67. The van der Waals surface area contributed by atoms with Crippen molar-refractivity contribution in [1.82, 2.24) is 5.48 Å². The summed E-state index contributed by atoms with van der Waals surface area (Å²) < 4.78 is 4.77. The van der Waals surface area contributed by atoms with Crippen molar-refractivity contribution in [3.63, 3.8) is 0 Å². The second-order valence-electron chi connectivity index (χ2n) is 3.18. The molecule has 1 amide bonds. The molecular weight excluding hydrogens is 228 g/mol. The molecule has 1 aromatic rings. The Kier molecular flexibility index (Phi) is 5.97. The molecule has 17 heavy (non-hydrogen) atoms. The number of carbonyl (C=O) groups is 1. The number of amides is 1. The lowest BCUT2D eigenvalue weighted by molar-refractivity contribution is -0.285. The lowest BCUT2D eigenvalue weighted by Gasteiger charge is -2.12. The van der Waals surface area contributed by atoms with E-state index in [2.05, 4.69) is 10.2 Å². The van der Waals surface area contributed by atoms with Crippen LogP contribution < -0.4 is 10.8 Å². The minimum Gasteiger partial charge on any atom is -0.446 e. The Balaban J connectivity index is 2.30. The number of para-hydroxylation sites is 1. The summed E-state index contributed by atoms with van der Waals surface area (Å²) in [5.74, 6) is 0. The predicted octanol–water partition coefficient (Wildman–Crippen LogP) is 1.07. The molecule has 1 atom stereocenters. The number of ether oxygens (including phenoxy) is 1. The van der Waals surface area contributed by atoms with Gasteiger partial charge in [-0.2, -0.15) is 0 Å². The highest BCUT2D eigenvalue weighted by molar-refractivity contribution is 5.84. The molecule has 1 aromatic carbocycles. The zero-order valence-corrected chi connectivity index (χ0v) is 9.00. The van der Waals surface area contributed by atoms with Crippen LogP contribution in [-0.2, 0) is 9.62 Å². The molecule has 7 heteroatoms. The Morgan fingerprint density at radius 2 is 2.06 bits per heavy atom. The molecule has 0 saturated carbocycles. The largest absolute Gasteiger partial charge is 0.446 e. The van der Waals surface area contributed by atoms with Gasteiger partial charge in [0.2, 0.25) is 0 Å². The van der Waals surface area contributed by atoms with Gasteiger partial charge in [-0.1, -0.05) is 18.2 Å². The zero-order chi connectivity index (χ0) is 12.5. The highest BCUT2D eigenvalue weighted by Gasteiger charge is 2.12. The van der Waals surface area contributed by atoms with Crippen LogP contribution >= 0.6 is 0 Å². The fourth-order valence-corrected chi connectivity index (χ4v) is 1.07. The minimum atomic E-state index is -0.832. The van der Waals surface area contributed by atoms with Crippen LogP contribution in [0.4, 0.5) is 10.5 Å². The molecule has 4 N–H and O–H groups in total. The lowest BCUT2D eigenvalue weighted by atomic mass is 10.3. The molecule has 0 aromatic heterocycles. The van der Waals surface area contributed by atoms with E-state index < -0.39 is 12.2 Å². The van der Waals surface area contributed by atoms with Gasteiger partial charge < -0.3 is 9.94 Å². The molecule has 0 aliphatic rings. The number of hydrogen-bond donors (Lipinski definition) is 4. The number of anilines is 1. The summed E-state index contributed by atoms with van der Waals surface area (Å²) in [5.41, 5.74) is 2.39. The van der Waals surface area contributed by atoms with Gasteiger partial charge in [0, 0.05) is 5.69 Å². The van der Waals surface area contributed by atoms with E-state index in [1.807, 2.05) is 6.07 Å². The number of rotatable bonds is 6. The van der Waals surface area contributed by atoms with Gasteiger partial charge in [-0.05, 0) is 12.1 Å². The smallest absolute Gasteiger partial charge is 0.411 e. The molecule has 0 aliphatic heterocycles. The van der Waals surface area contributed by atoms with E-state index in [0.29, 0.717) is 5.69 Å². The van der Waals surface area contributed by atoms with E-state index >= 15 is 0 Å². The maximum absolute atomic E-state index is 11.3. The van der Waals surface area contributed by atoms with Crippen molar-refractivity contribution in [2.24, 2.45) is 0 Å². The highest BCUT2D eigenvalue weighted by Crippen LogP contribution is 2.05. The average Bonchev–Trinajstić information content (AvgIpc) is 2.35. The van der Waals surface area contributed by atoms with Gasteiger partial charge in [0.15, 0.2) is 0 Å². The highest BCUT2D eigenvalue weighted by atomic mass is 17.1. The van der Waals surface area contributed by atoms with Gasteiger partial charge in [0.1, 0.15) is 12.7 Å². The minimum absolute atomic E-state index is 0.0604. The van der Waals surface area contributed by atoms with Crippen molar-refractivity contribution >= 4 is 11.8 Å². The Bertz CT molecular complexity index is 333. The average molecular weight is 242 g/mol. The topological polar surface area (TPSA) is 100 Å². The van der Waals surface area contributed by atoms with Crippen molar-refractivity contribution < 1.29 is 24.9 Å². The first-order valence-electron chi connectivity index (χ1n) is 4.92. The van der Waals surface area contributed by atoms with Gasteiger partial charge >= 0.3 is 6.09 Å². The number of benzene rings is 1. The second kappa shape index (κ2) is 7.58. The van der Waals surface area contributed by atoms with Gasteiger partial charge in [0.25, 0.3) is 0 Å². The summed E-state index contributed by atoms with van der Waals surface area (Å²) in [5, 5.41) is 19.3. The Labute approximate surface area is 97.9 Å². The van der Waals surface area contributed by atoms with E-state index in [0.717, 1.165) is 0 Å². The molecule has 7 nitrogen and oxygen atoms in total. The molecule has 0 aliphatic carbocycles. The zero-order valence-electron chi connectivity index (χ0n) is 9.00. The van der Waals surface area contributed by atoms with E-state index in [1.54, 1.807) is 29.7 Å². The molecule has 94 valence electrons. The van der Waals surface area contributed by atoms with Gasteiger partial charge in [-0.15, -0.1) is 0 Å². The first-order valence-corrected chi connectivity index (χ1v) is 4.92.